The molecule has 0 aromatic heterocycles. The Morgan fingerprint density at radius 3 is 2.88 bits per heavy atom. The summed E-state index contributed by atoms with van der Waals surface area (Å²) in [6.45, 7) is 2.10. The van der Waals surface area contributed by atoms with E-state index in [2.05, 4.69) is 5.32 Å². The van der Waals surface area contributed by atoms with Gasteiger partial charge in [-0.2, -0.15) is 0 Å². The van der Waals surface area contributed by atoms with Crippen LogP contribution in [0.1, 0.15) is 19.3 Å². The number of halogens is 1. The molecule has 3 atom stereocenters. The maximum Gasteiger partial charge on any atom is 0.251 e. The van der Waals surface area contributed by atoms with Gasteiger partial charge in [-0.1, -0.05) is 6.42 Å². The number of amides is 1. The number of alkyl halides is 1. The number of hydrogen-bond acceptors (Lipinski definition) is 3. The molecule has 0 aromatic rings. The Hall–Kier alpha value is -0.320. The molecule has 3 unspecified atom stereocenters. The second kappa shape index (κ2) is 5.84. The van der Waals surface area contributed by atoms with Gasteiger partial charge in [0.05, 0.1) is 19.8 Å². The van der Waals surface area contributed by atoms with Crippen LogP contribution in [0, 0.1) is 5.92 Å². The third-order valence-electron chi connectivity index (χ3n) is 3.21. The van der Waals surface area contributed by atoms with Crippen LogP contribution in [0.25, 0.3) is 0 Å². The van der Waals surface area contributed by atoms with Crippen molar-refractivity contribution >= 4 is 17.5 Å². The smallest absolute Gasteiger partial charge is 0.251 e. The molecule has 5 heteroatoms. The lowest BCUT2D eigenvalue weighted by atomic mass is 10.1. The molecule has 2 rings (SSSR count). The molecule has 92 valence electrons. The Labute approximate surface area is 101 Å². The van der Waals surface area contributed by atoms with Gasteiger partial charge >= 0.3 is 0 Å². The summed E-state index contributed by atoms with van der Waals surface area (Å²) in [5.74, 6) is 0.339. The zero-order valence-corrected chi connectivity index (χ0v) is 10.0. The lowest BCUT2D eigenvalue weighted by Gasteiger charge is -2.23. The van der Waals surface area contributed by atoms with Gasteiger partial charge in [0.25, 0.3) is 5.91 Å². The summed E-state index contributed by atoms with van der Waals surface area (Å²) in [6, 6.07) is 0. The van der Waals surface area contributed by atoms with Crippen LogP contribution < -0.4 is 5.32 Å². The molecule has 1 saturated carbocycles. The van der Waals surface area contributed by atoms with Crippen molar-refractivity contribution in [1.29, 1.82) is 0 Å². The van der Waals surface area contributed by atoms with Gasteiger partial charge in [-0.3, -0.25) is 4.79 Å². The lowest BCUT2D eigenvalue weighted by Crippen LogP contribution is -2.44. The normalized spacial score (nSPS) is 34.9. The van der Waals surface area contributed by atoms with E-state index in [1.807, 2.05) is 0 Å². The summed E-state index contributed by atoms with van der Waals surface area (Å²) in [6.07, 6.45) is 2.89. The van der Waals surface area contributed by atoms with Gasteiger partial charge in [-0.25, -0.2) is 0 Å². The van der Waals surface area contributed by atoms with Crippen LogP contribution in [0.15, 0.2) is 0 Å². The number of carbonyl (C=O) groups excluding carboxylic acids is 1. The van der Waals surface area contributed by atoms with Crippen molar-refractivity contribution in [2.45, 2.75) is 30.7 Å². The van der Waals surface area contributed by atoms with Crippen LogP contribution in [0.5, 0.6) is 0 Å². The highest BCUT2D eigenvalue weighted by Crippen LogP contribution is 2.29. The largest absolute Gasteiger partial charge is 0.376 e. The summed E-state index contributed by atoms with van der Waals surface area (Å²) < 4.78 is 10.5. The van der Waals surface area contributed by atoms with Crippen molar-refractivity contribution in [2.75, 3.05) is 26.4 Å². The lowest BCUT2D eigenvalue weighted by molar-refractivity contribution is -0.147. The van der Waals surface area contributed by atoms with Crippen LogP contribution in [0.3, 0.4) is 0 Å². The maximum absolute atomic E-state index is 11.7. The molecule has 1 heterocycles. The van der Waals surface area contributed by atoms with E-state index in [0.29, 0.717) is 32.3 Å². The maximum atomic E-state index is 11.7. The molecule has 0 bridgehead atoms. The van der Waals surface area contributed by atoms with E-state index in [-0.39, 0.29) is 11.3 Å². The van der Waals surface area contributed by atoms with Crippen molar-refractivity contribution in [2.24, 2.45) is 5.92 Å². The molecule has 16 heavy (non-hydrogen) atoms. The summed E-state index contributed by atoms with van der Waals surface area (Å²) in [5.41, 5.74) is 0. The zero-order chi connectivity index (χ0) is 11.4. The monoisotopic (exact) mass is 247 g/mol. The molecule has 2 aliphatic rings. The first-order valence-corrected chi connectivity index (χ1v) is 6.32. The summed E-state index contributed by atoms with van der Waals surface area (Å²) >= 11 is 6.14. The number of nitrogens with one attached hydrogen (secondary N) is 1. The molecule has 2 fully saturated rings. The SMILES string of the molecule is O=C(NCC1CCCC1Cl)C1COCCO1. The van der Waals surface area contributed by atoms with E-state index in [0.717, 1.165) is 19.3 Å². The van der Waals surface area contributed by atoms with Gasteiger partial charge in [0.2, 0.25) is 0 Å². The summed E-state index contributed by atoms with van der Waals surface area (Å²) in [5, 5.41) is 3.11. The molecule has 1 aliphatic heterocycles. The van der Waals surface area contributed by atoms with Crippen molar-refractivity contribution in [3.63, 3.8) is 0 Å². The number of rotatable bonds is 3. The second-order valence-corrected chi connectivity index (χ2v) is 4.95. The van der Waals surface area contributed by atoms with Gasteiger partial charge in [0.1, 0.15) is 0 Å². The van der Waals surface area contributed by atoms with Crippen LogP contribution in [-0.2, 0) is 14.3 Å². The average Bonchev–Trinajstić information content (AvgIpc) is 2.73. The number of hydrogen-bond donors (Lipinski definition) is 1. The highest BCUT2D eigenvalue weighted by atomic mass is 35.5. The Morgan fingerprint density at radius 1 is 1.38 bits per heavy atom. The third-order valence-corrected chi connectivity index (χ3v) is 3.79. The Morgan fingerprint density at radius 2 is 2.25 bits per heavy atom. The van der Waals surface area contributed by atoms with Gasteiger partial charge in [0, 0.05) is 11.9 Å². The molecule has 0 radical (unpaired) electrons. The van der Waals surface area contributed by atoms with E-state index in [1.165, 1.54) is 0 Å². The minimum absolute atomic E-state index is 0.0736. The summed E-state index contributed by atoms with van der Waals surface area (Å²) in [7, 11) is 0. The molecule has 0 aromatic carbocycles. The molecule has 1 N–H and O–H groups in total. The zero-order valence-electron chi connectivity index (χ0n) is 9.28. The van der Waals surface area contributed by atoms with Crippen LogP contribution in [0.4, 0.5) is 0 Å². The molecule has 1 saturated heterocycles. The van der Waals surface area contributed by atoms with Crippen molar-refractivity contribution in [3.8, 4) is 0 Å². The standard InChI is InChI=1S/C11H18ClNO3/c12-9-3-1-2-8(9)6-13-11(14)10-7-15-4-5-16-10/h8-10H,1-7H2,(H,13,14). The van der Waals surface area contributed by atoms with Gasteiger partial charge < -0.3 is 14.8 Å². The predicted octanol–water partition coefficient (Wildman–Crippen LogP) is 0.925. The van der Waals surface area contributed by atoms with Gasteiger partial charge in [-0.15, -0.1) is 11.6 Å². The first kappa shape index (κ1) is 12.1. The first-order chi connectivity index (χ1) is 7.77. The Balaban J connectivity index is 1.70. The molecule has 1 amide bonds. The molecule has 4 nitrogen and oxygen atoms in total. The van der Waals surface area contributed by atoms with Gasteiger partial charge in [-0.05, 0) is 18.8 Å². The fourth-order valence-corrected chi connectivity index (χ4v) is 2.58. The average molecular weight is 248 g/mol. The quantitative estimate of drug-likeness (QED) is 0.755. The molecule has 0 spiro atoms. The third kappa shape index (κ3) is 3.09. The van der Waals surface area contributed by atoms with Crippen molar-refractivity contribution in [3.05, 3.63) is 0 Å². The topological polar surface area (TPSA) is 47.6 Å². The van der Waals surface area contributed by atoms with E-state index in [9.17, 15) is 4.79 Å². The fourth-order valence-electron chi connectivity index (χ4n) is 2.21. The van der Waals surface area contributed by atoms with Crippen molar-refractivity contribution in [1.82, 2.24) is 5.32 Å². The summed E-state index contributed by atoms with van der Waals surface area (Å²) in [4.78, 5) is 11.7. The Kier molecular flexibility index (Phi) is 4.44. The van der Waals surface area contributed by atoms with Crippen LogP contribution in [-0.4, -0.2) is 43.8 Å². The molecular formula is C11H18ClNO3. The van der Waals surface area contributed by atoms with E-state index < -0.39 is 6.10 Å². The van der Waals surface area contributed by atoms with Crippen LogP contribution >= 0.6 is 11.6 Å². The van der Waals surface area contributed by atoms with E-state index in [1.54, 1.807) is 0 Å². The highest BCUT2D eigenvalue weighted by Gasteiger charge is 2.27. The Bertz CT molecular complexity index is 243. The molecule has 1 aliphatic carbocycles. The minimum Gasteiger partial charge on any atom is -0.376 e. The number of ether oxygens (including phenoxy) is 2. The predicted molar refractivity (Wildman–Crippen MR) is 60.6 cm³/mol. The van der Waals surface area contributed by atoms with Gasteiger partial charge in [0.15, 0.2) is 6.10 Å². The van der Waals surface area contributed by atoms with E-state index >= 15 is 0 Å². The fraction of sp³-hybridized carbons (Fsp3) is 0.909. The van der Waals surface area contributed by atoms with Crippen LogP contribution in [0.2, 0.25) is 0 Å². The first-order valence-electron chi connectivity index (χ1n) is 5.88. The highest BCUT2D eigenvalue weighted by molar-refractivity contribution is 6.20. The second-order valence-electron chi connectivity index (χ2n) is 4.39. The van der Waals surface area contributed by atoms with E-state index in [4.69, 9.17) is 21.1 Å². The van der Waals surface area contributed by atoms with Crippen molar-refractivity contribution < 1.29 is 14.3 Å². The minimum atomic E-state index is -0.441. The number of carbonyl (C=O) groups is 1. The molecular weight excluding hydrogens is 230 g/mol.